The predicted molar refractivity (Wildman–Crippen MR) is 132 cm³/mol. The van der Waals surface area contributed by atoms with E-state index < -0.39 is 0 Å². The summed E-state index contributed by atoms with van der Waals surface area (Å²) in [5, 5.41) is 2.76. The van der Waals surface area contributed by atoms with Crippen molar-refractivity contribution < 1.29 is 9.53 Å². The Hall–Kier alpha value is -1.77. The van der Waals surface area contributed by atoms with Gasteiger partial charge in [-0.2, -0.15) is 0 Å². The molecule has 30 heavy (non-hydrogen) atoms. The number of alkyl carbamates (subject to hydrolysis) is 1. The summed E-state index contributed by atoms with van der Waals surface area (Å²) in [5.41, 5.74) is 5.80. The van der Waals surface area contributed by atoms with Crippen LogP contribution in [0.5, 0.6) is 0 Å². The zero-order chi connectivity index (χ0) is 22.9. The van der Waals surface area contributed by atoms with E-state index >= 15 is 0 Å². The van der Waals surface area contributed by atoms with Gasteiger partial charge < -0.3 is 10.1 Å². The van der Waals surface area contributed by atoms with Crippen molar-refractivity contribution in [3.63, 3.8) is 0 Å². The number of carbonyl (C=O) groups excluding carboxylic acids is 1. The van der Waals surface area contributed by atoms with Crippen molar-refractivity contribution >= 4 is 6.09 Å². The number of nitrogens with one attached hydrogen (secondary N) is 1. The molecule has 3 heteroatoms. The van der Waals surface area contributed by atoms with E-state index in [2.05, 4.69) is 64.2 Å². The Morgan fingerprint density at radius 1 is 0.733 bits per heavy atom. The molecule has 1 atom stereocenters. The molecule has 0 bridgehead atoms. The van der Waals surface area contributed by atoms with Crippen molar-refractivity contribution in [3.8, 4) is 0 Å². The van der Waals surface area contributed by atoms with Crippen LogP contribution in [0.4, 0.5) is 4.79 Å². The molecule has 172 valence electrons. The van der Waals surface area contributed by atoms with Crippen molar-refractivity contribution in [2.45, 2.75) is 119 Å². The minimum absolute atomic E-state index is 0.0616. The molecular weight excluding hydrogens is 370 g/mol. The van der Waals surface area contributed by atoms with Crippen LogP contribution in [0, 0.1) is 0 Å². The van der Waals surface area contributed by atoms with Gasteiger partial charge >= 0.3 is 6.09 Å². The van der Waals surface area contributed by atoms with E-state index in [1.54, 1.807) is 0 Å². The van der Waals surface area contributed by atoms with Crippen LogP contribution in [0.3, 0.4) is 0 Å². The van der Waals surface area contributed by atoms with E-state index in [-0.39, 0.29) is 18.2 Å². The molecule has 0 saturated heterocycles. The SMILES string of the molecule is CC(C)=CCCC(C)=CCCC(C)=CCCC(C)=CCCC(C)OC(=O)NC(C)C. The third-order valence-electron chi connectivity index (χ3n) is 4.93. The van der Waals surface area contributed by atoms with Crippen molar-refractivity contribution in [2.24, 2.45) is 0 Å². The van der Waals surface area contributed by atoms with Gasteiger partial charge in [-0.3, -0.25) is 0 Å². The summed E-state index contributed by atoms with van der Waals surface area (Å²) in [4.78, 5) is 11.6. The predicted octanol–water partition coefficient (Wildman–Crippen LogP) is 8.44. The minimum atomic E-state index is -0.322. The summed E-state index contributed by atoms with van der Waals surface area (Å²) >= 11 is 0. The van der Waals surface area contributed by atoms with Gasteiger partial charge in [0.2, 0.25) is 0 Å². The number of rotatable bonds is 14. The molecule has 0 spiro atoms. The lowest BCUT2D eigenvalue weighted by molar-refractivity contribution is 0.101. The summed E-state index contributed by atoms with van der Waals surface area (Å²) in [5.74, 6) is 0. The number of ether oxygens (including phenoxy) is 1. The molecule has 0 heterocycles. The molecule has 0 aromatic heterocycles. The zero-order valence-electron chi connectivity index (χ0n) is 20.9. The molecule has 0 aliphatic rings. The van der Waals surface area contributed by atoms with Crippen LogP contribution in [0.1, 0.15) is 107 Å². The fraction of sp³-hybridized carbons (Fsp3) is 0.667. The monoisotopic (exact) mass is 417 g/mol. The number of hydrogen-bond acceptors (Lipinski definition) is 2. The Balaban J connectivity index is 4.05. The van der Waals surface area contributed by atoms with Gasteiger partial charge in [0.25, 0.3) is 0 Å². The van der Waals surface area contributed by atoms with E-state index in [1.165, 1.54) is 28.7 Å². The highest BCUT2D eigenvalue weighted by atomic mass is 16.6. The molecule has 0 aromatic carbocycles. The van der Waals surface area contributed by atoms with E-state index in [9.17, 15) is 4.79 Å². The quantitative estimate of drug-likeness (QED) is 0.288. The second kappa shape index (κ2) is 17.0. The maximum Gasteiger partial charge on any atom is 0.407 e. The van der Waals surface area contributed by atoms with Crippen LogP contribution in [-0.4, -0.2) is 18.2 Å². The highest BCUT2D eigenvalue weighted by molar-refractivity contribution is 5.67. The standard InChI is InChI=1S/C27H47NO2/c1-21(2)13-9-14-23(5)15-10-16-24(6)17-11-18-25(7)19-12-20-26(8)30-27(29)28-22(3)4/h13,15,17,19,22,26H,9-12,14,16,18,20H2,1-8H3,(H,28,29). The van der Waals surface area contributed by atoms with Crippen molar-refractivity contribution in [1.82, 2.24) is 5.32 Å². The fourth-order valence-corrected chi connectivity index (χ4v) is 3.06. The molecular formula is C27H47NO2. The Morgan fingerprint density at radius 2 is 1.17 bits per heavy atom. The first-order valence-electron chi connectivity index (χ1n) is 11.7. The van der Waals surface area contributed by atoms with Gasteiger partial charge in [0.15, 0.2) is 0 Å². The molecule has 0 rings (SSSR count). The van der Waals surface area contributed by atoms with Gasteiger partial charge in [-0.1, -0.05) is 46.6 Å². The van der Waals surface area contributed by atoms with Gasteiger partial charge in [-0.15, -0.1) is 0 Å². The molecule has 1 unspecified atom stereocenters. The van der Waals surface area contributed by atoms with Crippen LogP contribution in [0.2, 0.25) is 0 Å². The fourth-order valence-electron chi connectivity index (χ4n) is 3.06. The van der Waals surface area contributed by atoms with Gasteiger partial charge in [0, 0.05) is 6.04 Å². The van der Waals surface area contributed by atoms with Crippen LogP contribution in [0.25, 0.3) is 0 Å². The average Bonchev–Trinajstić information content (AvgIpc) is 2.60. The van der Waals surface area contributed by atoms with Gasteiger partial charge in [-0.25, -0.2) is 4.79 Å². The highest BCUT2D eigenvalue weighted by Gasteiger charge is 2.09. The number of carbonyl (C=O) groups is 1. The maximum absolute atomic E-state index is 11.6. The molecule has 0 saturated carbocycles. The molecule has 3 nitrogen and oxygen atoms in total. The van der Waals surface area contributed by atoms with E-state index in [0.717, 1.165) is 44.9 Å². The molecule has 0 aliphatic heterocycles. The van der Waals surface area contributed by atoms with Crippen molar-refractivity contribution in [1.29, 1.82) is 0 Å². The number of amides is 1. The first kappa shape index (κ1) is 28.2. The summed E-state index contributed by atoms with van der Waals surface area (Å²) in [6.07, 6.45) is 17.6. The summed E-state index contributed by atoms with van der Waals surface area (Å²) < 4.78 is 5.35. The van der Waals surface area contributed by atoms with Crippen LogP contribution < -0.4 is 5.32 Å². The zero-order valence-corrected chi connectivity index (χ0v) is 20.9. The van der Waals surface area contributed by atoms with Crippen LogP contribution >= 0.6 is 0 Å². The molecule has 0 aliphatic carbocycles. The Labute approximate surface area is 186 Å². The van der Waals surface area contributed by atoms with E-state index in [4.69, 9.17) is 4.74 Å². The molecule has 1 N–H and O–H groups in total. The summed E-state index contributed by atoms with van der Waals surface area (Å²) in [7, 11) is 0. The highest BCUT2D eigenvalue weighted by Crippen LogP contribution is 2.14. The normalized spacial score (nSPS) is 14.0. The lowest BCUT2D eigenvalue weighted by Gasteiger charge is -2.14. The van der Waals surface area contributed by atoms with Gasteiger partial charge in [-0.05, 0) is 107 Å². The summed E-state index contributed by atoms with van der Waals surface area (Å²) in [6, 6.07) is 0.107. The Kier molecular flexibility index (Phi) is 16.0. The third kappa shape index (κ3) is 18.3. The maximum atomic E-state index is 11.6. The molecule has 0 aromatic rings. The Bertz CT molecular complexity index is 604. The average molecular weight is 418 g/mol. The van der Waals surface area contributed by atoms with Crippen LogP contribution in [0.15, 0.2) is 46.6 Å². The third-order valence-corrected chi connectivity index (χ3v) is 4.93. The first-order valence-corrected chi connectivity index (χ1v) is 11.7. The van der Waals surface area contributed by atoms with Crippen molar-refractivity contribution in [3.05, 3.63) is 46.6 Å². The lowest BCUT2D eigenvalue weighted by Crippen LogP contribution is -2.32. The molecule has 0 fully saturated rings. The minimum Gasteiger partial charge on any atom is -0.447 e. The smallest absolute Gasteiger partial charge is 0.407 e. The van der Waals surface area contributed by atoms with Gasteiger partial charge in [0.05, 0.1) is 0 Å². The second-order valence-electron chi connectivity index (χ2n) is 9.14. The van der Waals surface area contributed by atoms with E-state index in [0.29, 0.717) is 0 Å². The van der Waals surface area contributed by atoms with Gasteiger partial charge in [0.1, 0.15) is 6.10 Å². The summed E-state index contributed by atoms with van der Waals surface area (Å²) in [6.45, 7) is 16.8. The largest absolute Gasteiger partial charge is 0.447 e. The van der Waals surface area contributed by atoms with Crippen molar-refractivity contribution in [2.75, 3.05) is 0 Å². The van der Waals surface area contributed by atoms with E-state index in [1.807, 2.05) is 20.8 Å². The second-order valence-corrected chi connectivity index (χ2v) is 9.14. The topological polar surface area (TPSA) is 38.3 Å². The number of allylic oxidation sites excluding steroid dienone is 8. The lowest BCUT2D eigenvalue weighted by atomic mass is 10.0. The molecule has 1 amide bonds. The Morgan fingerprint density at radius 3 is 1.60 bits per heavy atom. The number of hydrogen-bond donors (Lipinski definition) is 1. The molecule has 0 radical (unpaired) electrons. The van der Waals surface area contributed by atoms with Crippen LogP contribution in [-0.2, 0) is 4.74 Å². The first-order chi connectivity index (χ1) is 14.1.